The van der Waals surface area contributed by atoms with Crippen molar-refractivity contribution in [3.63, 3.8) is 0 Å². The molecular weight excluding hydrogens is 274 g/mol. The van der Waals surface area contributed by atoms with Crippen molar-refractivity contribution in [2.75, 3.05) is 0 Å². The van der Waals surface area contributed by atoms with Crippen LogP contribution >= 0.6 is 0 Å². The molecule has 0 unspecified atom stereocenters. The van der Waals surface area contributed by atoms with E-state index in [2.05, 4.69) is 10.4 Å². The van der Waals surface area contributed by atoms with Gasteiger partial charge in [0, 0.05) is 18.7 Å². The van der Waals surface area contributed by atoms with Crippen molar-refractivity contribution >= 4 is 5.91 Å². The molecule has 0 radical (unpaired) electrons. The summed E-state index contributed by atoms with van der Waals surface area (Å²) >= 11 is 0. The Kier molecular flexibility index (Phi) is 4.68. The number of hydrogen-bond donors (Lipinski definition) is 3. The molecule has 0 saturated heterocycles. The lowest BCUT2D eigenvalue weighted by Crippen LogP contribution is -2.35. The van der Waals surface area contributed by atoms with Crippen molar-refractivity contribution in [2.45, 2.75) is 19.7 Å². The lowest BCUT2D eigenvalue weighted by molar-refractivity contribution is -0.122. The van der Waals surface area contributed by atoms with Crippen LogP contribution in [0.25, 0.3) is 0 Å². The Morgan fingerprint density at radius 3 is 2.71 bits per heavy atom. The van der Waals surface area contributed by atoms with Gasteiger partial charge < -0.3 is 10.4 Å². The molecule has 0 fully saturated rings. The molecular formula is C14H15N3O4. The van der Waals surface area contributed by atoms with Gasteiger partial charge in [0.2, 0.25) is 5.91 Å². The van der Waals surface area contributed by atoms with E-state index in [1.165, 1.54) is 0 Å². The summed E-state index contributed by atoms with van der Waals surface area (Å²) in [6.45, 7) is -0.0461. The summed E-state index contributed by atoms with van der Waals surface area (Å²) in [7, 11) is 0. The number of aromatic nitrogens is 2. The van der Waals surface area contributed by atoms with E-state index < -0.39 is 17.0 Å². The number of carbonyl (C=O) groups is 1. The van der Waals surface area contributed by atoms with Crippen molar-refractivity contribution in [3.8, 4) is 0 Å². The molecule has 1 aromatic heterocycles. The van der Waals surface area contributed by atoms with Gasteiger partial charge in [-0.25, -0.2) is 4.68 Å². The van der Waals surface area contributed by atoms with E-state index in [0.717, 1.165) is 27.9 Å². The maximum absolute atomic E-state index is 11.8. The van der Waals surface area contributed by atoms with Crippen LogP contribution in [0.2, 0.25) is 0 Å². The first-order chi connectivity index (χ1) is 10.1. The summed E-state index contributed by atoms with van der Waals surface area (Å²) in [5.74, 6) is -0.395. The molecule has 1 aromatic carbocycles. The lowest BCUT2D eigenvalue weighted by atomic mass is 10.1. The minimum Gasteiger partial charge on any atom is -0.392 e. The highest BCUT2D eigenvalue weighted by Gasteiger charge is 2.05. The van der Waals surface area contributed by atoms with E-state index in [1.54, 1.807) is 18.2 Å². The molecule has 0 aliphatic rings. The molecule has 0 bridgehead atoms. The van der Waals surface area contributed by atoms with Crippen molar-refractivity contribution in [1.82, 2.24) is 15.1 Å². The van der Waals surface area contributed by atoms with E-state index in [1.807, 2.05) is 6.07 Å². The van der Waals surface area contributed by atoms with E-state index in [9.17, 15) is 14.4 Å². The summed E-state index contributed by atoms with van der Waals surface area (Å²) in [5.41, 5.74) is 0.694. The zero-order valence-electron chi connectivity index (χ0n) is 11.2. The fraction of sp³-hybridized carbons (Fsp3) is 0.214. The molecule has 21 heavy (non-hydrogen) atoms. The number of aromatic amines is 1. The van der Waals surface area contributed by atoms with Crippen LogP contribution in [0.4, 0.5) is 0 Å². The summed E-state index contributed by atoms with van der Waals surface area (Å²) in [5, 5.41) is 14.0. The topological polar surface area (TPSA) is 104 Å². The summed E-state index contributed by atoms with van der Waals surface area (Å²) in [6.07, 6.45) is 0. The normalized spacial score (nSPS) is 10.3. The van der Waals surface area contributed by atoms with Gasteiger partial charge in [0.05, 0.1) is 6.61 Å². The predicted octanol–water partition coefficient (Wildman–Crippen LogP) is -0.655. The van der Waals surface area contributed by atoms with Gasteiger partial charge in [-0.3, -0.25) is 19.5 Å². The number of hydrogen-bond acceptors (Lipinski definition) is 4. The largest absolute Gasteiger partial charge is 0.392 e. The van der Waals surface area contributed by atoms with Gasteiger partial charge in [-0.2, -0.15) is 0 Å². The first-order valence-electron chi connectivity index (χ1n) is 6.34. The quantitative estimate of drug-likeness (QED) is 0.680. The number of amides is 1. The lowest BCUT2D eigenvalue weighted by Gasteiger charge is -2.07. The monoisotopic (exact) mass is 289 g/mol. The molecule has 1 heterocycles. The predicted molar refractivity (Wildman–Crippen MR) is 75.5 cm³/mol. The fourth-order valence-electron chi connectivity index (χ4n) is 1.82. The molecule has 2 rings (SSSR count). The Bertz CT molecular complexity index is 748. The first kappa shape index (κ1) is 14.7. The average Bonchev–Trinajstić information content (AvgIpc) is 2.49. The summed E-state index contributed by atoms with van der Waals surface area (Å²) in [4.78, 5) is 34.3. The van der Waals surface area contributed by atoms with Crippen LogP contribution in [0.5, 0.6) is 0 Å². The minimum absolute atomic E-state index is 0.0670. The third-order valence-corrected chi connectivity index (χ3v) is 2.85. The standard InChI is InChI=1S/C14H15N3O4/c18-9-11-3-1-2-10(6-11)7-15-13(20)8-17-14(21)5-4-12(19)16-17/h1-6,18H,7-9H2,(H,15,20)(H,16,19). The molecule has 0 atom stereocenters. The molecule has 1 amide bonds. The number of nitrogens with one attached hydrogen (secondary N) is 2. The van der Waals surface area contributed by atoms with Crippen LogP contribution in [0.15, 0.2) is 46.0 Å². The van der Waals surface area contributed by atoms with Crippen LogP contribution in [-0.2, 0) is 24.5 Å². The highest BCUT2D eigenvalue weighted by Crippen LogP contribution is 2.04. The van der Waals surface area contributed by atoms with E-state index >= 15 is 0 Å². The summed E-state index contributed by atoms with van der Waals surface area (Å²) in [6, 6.07) is 9.37. The smallest absolute Gasteiger partial charge is 0.265 e. The van der Waals surface area contributed by atoms with E-state index in [0.29, 0.717) is 0 Å². The van der Waals surface area contributed by atoms with Gasteiger partial charge in [-0.05, 0) is 11.1 Å². The van der Waals surface area contributed by atoms with E-state index in [4.69, 9.17) is 5.11 Å². The van der Waals surface area contributed by atoms with E-state index in [-0.39, 0.29) is 19.7 Å². The molecule has 0 aliphatic heterocycles. The fourth-order valence-corrected chi connectivity index (χ4v) is 1.82. The number of aliphatic hydroxyl groups excluding tert-OH is 1. The van der Waals surface area contributed by atoms with Crippen molar-refractivity contribution < 1.29 is 9.90 Å². The minimum atomic E-state index is -0.452. The molecule has 0 saturated carbocycles. The van der Waals surface area contributed by atoms with Crippen molar-refractivity contribution in [1.29, 1.82) is 0 Å². The maximum Gasteiger partial charge on any atom is 0.265 e. The van der Waals surface area contributed by atoms with Gasteiger partial charge >= 0.3 is 0 Å². The zero-order chi connectivity index (χ0) is 15.2. The Balaban J connectivity index is 1.97. The Morgan fingerprint density at radius 1 is 1.19 bits per heavy atom. The van der Waals surface area contributed by atoms with Crippen LogP contribution in [-0.4, -0.2) is 20.8 Å². The van der Waals surface area contributed by atoms with Crippen LogP contribution < -0.4 is 16.4 Å². The third-order valence-electron chi connectivity index (χ3n) is 2.85. The van der Waals surface area contributed by atoms with Gasteiger partial charge in [-0.15, -0.1) is 0 Å². The van der Waals surface area contributed by atoms with Gasteiger partial charge in [0.25, 0.3) is 11.1 Å². The van der Waals surface area contributed by atoms with Crippen LogP contribution in [0, 0.1) is 0 Å². The maximum atomic E-state index is 11.8. The van der Waals surface area contributed by atoms with Crippen molar-refractivity contribution in [2.24, 2.45) is 0 Å². The van der Waals surface area contributed by atoms with Gasteiger partial charge in [0.15, 0.2) is 0 Å². The number of benzene rings is 1. The van der Waals surface area contributed by atoms with Crippen molar-refractivity contribution in [3.05, 3.63) is 68.2 Å². The second-order valence-corrected chi connectivity index (χ2v) is 4.49. The molecule has 110 valence electrons. The second kappa shape index (κ2) is 6.67. The summed E-state index contributed by atoms with van der Waals surface area (Å²) < 4.78 is 0.946. The Morgan fingerprint density at radius 2 is 1.95 bits per heavy atom. The highest BCUT2D eigenvalue weighted by atomic mass is 16.3. The third kappa shape index (κ3) is 4.15. The molecule has 7 heteroatoms. The second-order valence-electron chi connectivity index (χ2n) is 4.49. The van der Waals surface area contributed by atoms with Crippen LogP contribution in [0.3, 0.4) is 0 Å². The Labute approximate surface area is 119 Å². The molecule has 7 nitrogen and oxygen atoms in total. The number of H-pyrrole nitrogens is 1. The van der Waals surface area contributed by atoms with Gasteiger partial charge in [-0.1, -0.05) is 24.3 Å². The SMILES string of the molecule is O=C(Cn1[nH]c(=O)ccc1=O)NCc1cccc(CO)c1. The molecule has 3 N–H and O–H groups in total. The first-order valence-corrected chi connectivity index (χ1v) is 6.34. The highest BCUT2D eigenvalue weighted by molar-refractivity contribution is 5.75. The average molecular weight is 289 g/mol. The van der Waals surface area contributed by atoms with Crippen LogP contribution in [0.1, 0.15) is 11.1 Å². The molecule has 0 aliphatic carbocycles. The van der Waals surface area contributed by atoms with Gasteiger partial charge in [0.1, 0.15) is 6.54 Å². The number of rotatable bonds is 5. The number of nitrogens with zero attached hydrogens (tertiary/aromatic N) is 1. The number of aliphatic hydroxyl groups is 1. The Hall–Kier alpha value is -2.67. The molecule has 2 aromatic rings. The zero-order valence-corrected chi connectivity index (χ0v) is 11.2. The molecule has 0 spiro atoms. The number of carbonyl (C=O) groups excluding carboxylic acids is 1.